The first-order valence-corrected chi connectivity index (χ1v) is 9.43. The number of ether oxygens (including phenoxy) is 1. The Bertz CT molecular complexity index is 933. The van der Waals surface area contributed by atoms with Crippen molar-refractivity contribution in [1.29, 1.82) is 0 Å². The summed E-state index contributed by atoms with van der Waals surface area (Å²) >= 11 is 0. The molecule has 0 N–H and O–H groups in total. The first-order valence-electron chi connectivity index (χ1n) is 9.43. The van der Waals surface area contributed by atoms with Crippen molar-refractivity contribution in [2.75, 3.05) is 43.1 Å². The molecule has 2 unspecified atom stereocenters. The van der Waals surface area contributed by atoms with Crippen LogP contribution in [0, 0.1) is 11.8 Å². The van der Waals surface area contributed by atoms with Crippen molar-refractivity contribution >= 4 is 11.6 Å². The molecule has 9 nitrogen and oxygen atoms in total. The molecule has 0 saturated carbocycles. The molecule has 0 aromatic carbocycles. The van der Waals surface area contributed by atoms with Gasteiger partial charge in [-0.1, -0.05) is 0 Å². The number of fused-ring (bicyclic) bond motifs is 1. The molecule has 2 fully saturated rings. The van der Waals surface area contributed by atoms with Crippen LogP contribution in [0.1, 0.15) is 5.82 Å². The van der Waals surface area contributed by atoms with Gasteiger partial charge < -0.3 is 14.5 Å². The fraction of sp³-hybridized carbons (Fsp3) is 0.421. The fourth-order valence-electron chi connectivity index (χ4n) is 4.17. The van der Waals surface area contributed by atoms with Gasteiger partial charge in [0.15, 0.2) is 11.6 Å². The molecule has 3 aromatic heterocycles. The standard InChI is InChI=1S/C19H22N8O/c1-28-12-16-20-5-3-17(24-16)25-8-14-10-26(11-15(14)9-25)18-7-19(22-13-21-18)27-6-2-4-23-27/h2-7,13-15H,8-12H2,1H3. The quantitative estimate of drug-likeness (QED) is 0.654. The van der Waals surface area contributed by atoms with E-state index in [9.17, 15) is 0 Å². The molecule has 144 valence electrons. The summed E-state index contributed by atoms with van der Waals surface area (Å²) < 4.78 is 6.91. The number of rotatable bonds is 5. The Morgan fingerprint density at radius 1 is 0.964 bits per heavy atom. The second-order valence-electron chi connectivity index (χ2n) is 7.28. The summed E-state index contributed by atoms with van der Waals surface area (Å²) in [7, 11) is 1.66. The number of aromatic nitrogens is 6. The molecule has 2 aliphatic heterocycles. The van der Waals surface area contributed by atoms with Gasteiger partial charge in [0.1, 0.15) is 24.6 Å². The molecule has 2 saturated heterocycles. The molecule has 2 aliphatic rings. The molecule has 5 rings (SSSR count). The molecule has 28 heavy (non-hydrogen) atoms. The van der Waals surface area contributed by atoms with Gasteiger partial charge in [-0.15, -0.1) is 0 Å². The van der Waals surface area contributed by atoms with E-state index in [-0.39, 0.29) is 0 Å². The Kier molecular flexibility index (Phi) is 4.36. The van der Waals surface area contributed by atoms with Crippen LogP contribution in [-0.4, -0.2) is 63.0 Å². The molecular formula is C19H22N8O. The second kappa shape index (κ2) is 7.16. The largest absolute Gasteiger partial charge is 0.377 e. The normalized spacial score (nSPS) is 21.3. The zero-order chi connectivity index (χ0) is 18.9. The van der Waals surface area contributed by atoms with Gasteiger partial charge in [0, 0.05) is 69.8 Å². The van der Waals surface area contributed by atoms with E-state index in [0.717, 1.165) is 49.5 Å². The van der Waals surface area contributed by atoms with E-state index in [2.05, 4.69) is 34.8 Å². The van der Waals surface area contributed by atoms with Crippen molar-refractivity contribution in [3.8, 4) is 5.82 Å². The van der Waals surface area contributed by atoms with E-state index in [1.165, 1.54) is 0 Å². The molecule has 0 radical (unpaired) electrons. The minimum absolute atomic E-state index is 0.439. The average Bonchev–Trinajstić information content (AvgIpc) is 3.45. The third-order valence-electron chi connectivity index (χ3n) is 5.48. The molecule has 2 atom stereocenters. The van der Waals surface area contributed by atoms with E-state index < -0.39 is 0 Å². The van der Waals surface area contributed by atoms with Crippen molar-refractivity contribution < 1.29 is 4.74 Å². The maximum absolute atomic E-state index is 5.15. The lowest BCUT2D eigenvalue weighted by molar-refractivity contribution is 0.178. The van der Waals surface area contributed by atoms with Crippen LogP contribution in [0.4, 0.5) is 11.6 Å². The van der Waals surface area contributed by atoms with Crippen molar-refractivity contribution in [1.82, 2.24) is 29.7 Å². The van der Waals surface area contributed by atoms with E-state index >= 15 is 0 Å². The lowest BCUT2D eigenvalue weighted by atomic mass is 10.0. The van der Waals surface area contributed by atoms with E-state index in [0.29, 0.717) is 18.4 Å². The third kappa shape index (κ3) is 3.18. The lowest BCUT2D eigenvalue weighted by Crippen LogP contribution is -2.30. The summed E-state index contributed by atoms with van der Waals surface area (Å²) in [5.41, 5.74) is 0. The summed E-state index contributed by atoms with van der Waals surface area (Å²) in [5.74, 6) is 4.68. The van der Waals surface area contributed by atoms with Gasteiger partial charge in [0.2, 0.25) is 0 Å². The minimum atomic E-state index is 0.439. The number of nitrogens with zero attached hydrogens (tertiary/aromatic N) is 8. The van der Waals surface area contributed by atoms with Crippen LogP contribution in [0.15, 0.2) is 43.1 Å². The summed E-state index contributed by atoms with van der Waals surface area (Å²) in [6.45, 7) is 4.43. The van der Waals surface area contributed by atoms with Crippen molar-refractivity contribution in [3.05, 3.63) is 48.9 Å². The number of methoxy groups -OCH3 is 1. The van der Waals surface area contributed by atoms with E-state index in [1.54, 1.807) is 24.3 Å². The fourth-order valence-corrected chi connectivity index (χ4v) is 4.17. The Morgan fingerprint density at radius 3 is 2.43 bits per heavy atom. The van der Waals surface area contributed by atoms with Crippen LogP contribution in [0.2, 0.25) is 0 Å². The highest BCUT2D eigenvalue weighted by Gasteiger charge is 2.41. The van der Waals surface area contributed by atoms with Gasteiger partial charge in [-0.05, 0) is 12.1 Å². The first kappa shape index (κ1) is 17.1. The second-order valence-corrected chi connectivity index (χ2v) is 7.28. The summed E-state index contributed by atoms with van der Waals surface area (Å²) in [5, 5.41) is 4.26. The Labute approximate surface area is 163 Å². The zero-order valence-corrected chi connectivity index (χ0v) is 15.7. The molecule has 5 heterocycles. The Balaban J connectivity index is 1.28. The van der Waals surface area contributed by atoms with Crippen LogP contribution in [0.5, 0.6) is 0 Å². The first-order chi connectivity index (χ1) is 13.8. The van der Waals surface area contributed by atoms with Gasteiger partial charge in [0.05, 0.1) is 0 Å². The monoisotopic (exact) mass is 378 g/mol. The van der Waals surface area contributed by atoms with Crippen LogP contribution in [0.25, 0.3) is 5.82 Å². The van der Waals surface area contributed by atoms with Gasteiger partial charge in [0.25, 0.3) is 0 Å². The van der Waals surface area contributed by atoms with Crippen LogP contribution in [-0.2, 0) is 11.3 Å². The van der Waals surface area contributed by atoms with Gasteiger partial charge >= 0.3 is 0 Å². The Hall–Kier alpha value is -3.07. The van der Waals surface area contributed by atoms with Gasteiger partial charge in [-0.3, -0.25) is 0 Å². The average molecular weight is 378 g/mol. The smallest absolute Gasteiger partial charge is 0.158 e. The summed E-state index contributed by atoms with van der Waals surface area (Å²) in [6, 6.07) is 5.88. The maximum atomic E-state index is 5.15. The van der Waals surface area contributed by atoms with Crippen molar-refractivity contribution in [2.24, 2.45) is 11.8 Å². The predicted octanol–water partition coefficient (Wildman–Crippen LogP) is 1.17. The van der Waals surface area contributed by atoms with Crippen LogP contribution >= 0.6 is 0 Å². The van der Waals surface area contributed by atoms with Crippen LogP contribution < -0.4 is 9.80 Å². The highest BCUT2D eigenvalue weighted by molar-refractivity contribution is 5.47. The summed E-state index contributed by atoms with van der Waals surface area (Å²) in [4.78, 5) is 22.4. The lowest BCUT2D eigenvalue weighted by Gasteiger charge is -2.23. The van der Waals surface area contributed by atoms with E-state index in [4.69, 9.17) is 4.74 Å². The zero-order valence-electron chi connectivity index (χ0n) is 15.7. The number of hydrogen-bond donors (Lipinski definition) is 0. The molecule has 0 bridgehead atoms. The number of hydrogen-bond acceptors (Lipinski definition) is 8. The van der Waals surface area contributed by atoms with Gasteiger partial charge in [-0.2, -0.15) is 5.10 Å². The highest BCUT2D eigenvalue weighted by atomic mass is 16.5. The molecular weight excluding hydrogens is 356 g/mol. The molecule has 0 amide bonds. The van der Waals surface area contributed by atoms with Crippen LogP contribution in [0.3, 0.4) is 0 Å². The summed E-state index contributed by atoms with van der Waals surface area (Å²) in [6.07, 6.45) is 7.07. The van der Waals surface area contributed by atoms with Crippen molar-refractivity contribution in [3.63, 3.8) is 0 Å². The van der Waals surface area contributed by atoms with Crippen molar-refractivity contribution in [2.45, 2.75) is 6.61 Å². The highest BCUT2D eigenvalue weighted by Crippen LogP contribution is 2.35. The number of anilines is 2. The van der Waals surface area contributed by atoms with E-state index in [1.807, 2.05) is 30.6 Å². The molecule has 0 aliphatic carbocycles. The molecule has 0 spiro atoms. The molecule has 3 aromatic rings. The maximum Gasteiger partial charge on any atom is 0.158 e. The molecule has 9 heteroatoms. The predicted molar refractivity (Wildman–Crippen MR) is 103 cm³/mol. The third-order valence-corrected chi connectivity index (χ3v) is 5.48. The minimum Gasteiger partial charge on any atom is -0.377 e. The van der Waals surface area contributed by atoms with Gasteiger partial charge in [-0.25, -0.2) is 24.6 Å². The topological polar surface area (TPSA) is 85.1 Å². The SMILES string of the molecule is COCc1nccc(N2CC3CN(c4cc(-n5cccn5)ncn4)CC3C2)n1. The Morgan fingerprint density at radius 2 is 1.71 bits per heavy atom.